The summed E-state index contributed by atoms with van der Waals surface area (Å²) in [7, 11) is 0. The van der Waals surface area contributed by atoms with E-state index in [1.54, 1.807) is 24.3 Å². The summed E-state index contributed by atoms with van der Waals surface area (Å²) in [6.07, 6.45) is 0. The van der Waals surface area contributed by atoms with E-state index in [0.717, 1.165) is 29.2 Å². The minimum absolute atomic E-state index is 0.0915. The minimum Gasteiger partial charge on any atom is -0.506 e. The molecule has 1 aromatic carbocycles. The van der Waals surface area contributed by atoms with Gasteiger partial charge < -0.3 is 15.8 Å². The molecule has 2 aromatic heterocycles. The van der Waals surface area contributed by atoms with Gasteiger partial charge in [0.25, 0.3) is 11.5 Å². The van der Waals surface area contributed by atoms with Crippen molar-refractivity contribution in [2.45, 2.75) is 4.21 Å². The van der Waals surface area contributed by atoms with Gasteiger partial charge in [0.15, 0.2) is 5.78 Å². The quantitative estimate of drug-likeness (QED) is 0.477. The van der Waals surface area contributed by atoms with E-state index in [9.17, 15) is 19.5 Å². The average molecular weight is 360 g/mol. The highest BCUT2D eigenvalue weighted by Gasteiger charge is 2.21. The fourth-order valence-electron chi connectivity index (χ4n) is 2.22. The van der Waals surface area contributed by atoms with Gasteiger partial charge in [0.2, 0.25) is 0 Å². The van der Waals surface area contributed by atoms with Crippen molar-refractivity contribution in [2.24, 2.45) is 5.73 Å². The molecule has 24 heavy (non-hydrogen) atoms. The number of Topliss-reactive ketones (excluding diaryl/α,β-unsaturated/α-hetero) is 1. The Morgan fingerprint density at radius 3 is 2.62 bits per heavy atom. The number of rotatable bonds is 5. The molecule has 0 aliphatic heterocycles. The van der Waals surface area contributed by atoms with Crippen LogP contribution in [0.4, 0.5) is 0 Å². The van der Waals surface area contributed by atoms with E-state index in [4.69, 9.17) is 5.73 Å². The number of aromatic amines is 1. The van der Waals surface area contributed by atoms with Crippen molar-refractivity contribution in [1.29, 1.82) is 0 Å². The topological polar surface area (TPSA) is 113 Å². The second-order valence-electron chi connectivity index (χ2n) is 4.93. The number of thioether (sulfide) groups is 1. The predicted molar refractivity (Wildman–Crippen MR) is 94.1 cm³/mol. The van der Waals surface area contributed by atoms with E-state index in [1.165, 1.54) is 0 Å². The van der Waals surface area contributed by atoms with E-state index < -0.39 is 11.5 Å². The van der Waals surface area contributed by atoms with Crippen LogP contribution >= 0.6 is 23.1 Å². The van der Waals surface area contributed by atoms with Gasteiger partial charge in [0.05, 0.1) is 25.7 Å². The van der Waals surface area contributed by atoms with Crippen LogP contribution in [0.5, 0.6) is 5.75 Å². The van der Waals surface area contributed by atoms with E-state index in [0.29, 0.717) is 14.5 Å². The van der Waals surface area contributed by atoms with Crippen molar-refractivity contribution in [3.05, 3.63) is 57.9 Å². The number of thiophene rings is 1. The predicted octanol–water partition coefficient (Wildman–Crippen LogP) is 2.37. The molecular formula is C16H12N2O4S2. The van der Waals surface area contributed by atoms with Crippen LogP contribution in [-0.4, -0.2) is 27.5 Å². The van der Waals surface area contributed by atoms with Crippen LogP contribution in [0.3, 0.4) is 0 Å². The lowest BCUT2D eigenvalue weighted by atomic mass is 10.2. The van der Waals surface area contributed by atoms with Crippen molar-refractivity contribution in [3.63, 3.8) is 0 Å². The molecule has 0 unspecified atom stereocenters. The number of H-pyrrole nitrogens is 1. The van der Waals surface area contributed by atoms with E-state index >= 15 is 0 Å². The number of fused-ring (bicyclic) bond motifs is 1. The SMILES string of the molecule is NC(=O)c1c(SCC(=O)c2ccccc2)sc2c(O)cc(=O)[nH]c12. The number of hydrogen-bond acceptors (Lipinski definition) is 6. The molecule has 0 radical (unpaired) electrons. The first-order chi connectivity index (χ1) is 11.5. The third-order valence-electron chi connectivity index (χ3n) is 3.30. The maximum atomic E-state index is 12.2. The van der Waals surface area contributed by atoms with Crippen LogP contribution in [0.15, 0.2) is 45.4 Å². The first-order valence-electron chi connectivity index (χ1n) is 6.87. The lowest BCUT2D eigenvalue weighted by molar-refractivity contribution is 0.0995. The van der Waals surface area contributed by atoms with Crippen molar-refractivity contribution in [3.8, 4) is 5.75 Å². The molecule has 122 valence electrons. The highest BCUT2D eigenvalue weighted by Crippen LogP contribution is 2.40. The number of amides is 1. The first kappa shape index (κ1) is 16.3. The lowest BCUT2D eigenvalue weighted by Crippen LogP contribution is -2.13. The molecule has 0 spiro atoms. The van der Waals surface area contributed by atoms with Crippen LogP contribution in [0, 0.1) is 0 Å². The van der Waals surface area contributed by atoms with Crippen LogP contribution in [0.25, 0.3) is 10.2 Å². The standard InChI is InChI=1S/C16H12N2O4S2/c17-15(22)12-13-14(9(19)6-11(21)18-13)24-16(12)23-7-10(20)8-4-2-1-3-5-8/h1-6H,7H2,(H2,17,22)(H2,18,19,21). The van der Waals surface area contributed by atoms with Gasteiger partial charge in [-0.3, -0.25) is 14.4 Å². The molecular weight excluding hydrogens is 348 g/mol. The number of carbonyl (C=O) groups is 2. The largest absolute Gasteiger partial charge is 0.506 e. The van der Waals surface area contributed by atoms with Gasteiger partial charge in [0.1, 0.15) is 5.75 Å². The first-order valence-corrected chi connectivity index (χ1v) is 8.67. The summed E-state index contributed by atoms with van der Waals surface area (Å²) in [6.45, 7) is 0. The van der Waals surface area contributed by atoms with Gasteiger partial charge in [-0.25, -0.2) is 0 Å². The van der Waals surface area contributed by atoms with Crippen molar-refractivity contribution in [1.82, 2.24) is 4.98 Å². The molecule has 0 saturated heterocycles. The molecule has 0 aliphatic rings. The fraction of sp³-hybridized carbons (Fsp3) is 0.0625. The number of nitrogens with two attached hydrogens (primary N) is 1. The Balaban J connectivity index is 1.96. The molecule has 2 heterocycles. The summed E-state index contributed by atoms with van der Waals surface area (Å²) in [5, 5.41) is 9.89. The Bertz CT molecular complexity index is 992. The number of carbonyl (C=O) groups excluding carboxylic acids is 2. The maximum absolute atomic E-state index is 12.2. The maximum Gasteiger partial charge on any atom is 0.252 e. The molecule has 4 N–H and O–H groups in total. The Labute approximate surface area is 144 Å². The lowest BCUT2D eigenvalue weighted by Gasteiger charge is -2.01. The van der Waals surface area contributed by atoms with Gasteiger partial charge in [-0.2, -0.15) is 0 Å². The number of pyridine rings is 1. The number of nitrogens with one attached hydrogen (secondary N) is 1. The number of aromatic hydroxyl groups is 1. The molecule has 6 nitrogen and oxygen atoms in total. The van der Waals surface area contributed by atoms with Crippen molar-refractivity contribution >= 4 is 45.0 Å². The third-order valence-corrected chi connectivity index (χ3v) is 5.78. The molecule has 1 amide bonds. The van der Waals surface area contributed by atoms with E-state index in [-0.39, 0.29) is 28.4 Å². The summed E-state index contributed by atoms with van der Waals surface area (Å²) < 4.78 is 0.844. The fourth-order valence-corrected chi connectivity index (χ4v) is 4.57. The van der Waals surface area contributed by atoms with Gasteiger partial charge >= 0.3 is 0 Å². The van der Waals surface area contributed by atoms with Crippen LogP contribution < -0.4 is 11.3 Å². The Kier molecular flexibility index (Phi) is 4.41. The summed E-state index contributed by atoms with van der Waals surface area (Å²) in [5.41, 5.74) is 5.77. The zero-order chi connectivity index (χ0) is 17.3. The minimum atomic E-state index is -0.725. The molecule has 8 heteroatoms. The Morgan fingerprint density at radius 1 is 1.25 bits per heavy atom. The molecule has 0 bridgehead atoms. The highest BCUT2D eigenvalue weighted by molar-refractivity contribution is 8.02. The van der Waals surface area contributed by atoms with E-state index in [2.05, 4.69) is 4.98 Å². The van der Waals surface area contributed by atoms with Gasteiger partial charge in [-0.1, -0.05) is 30.3 Å². The summed E-state index contributed by atoms with van der Waals surface area (Å²) in [4.78, 5) is 38.0. The highest BCUT2D eigenvalue weighted by atomic mass is 32.2. The second kappa shape index (κ2) is 6.50. The molecule has 0 aliphatic carbocycles. The second-order valence-corrected chi connectivity index (χ2v) is 7.19. The normalized spacial score (nSPS) is 10.8. The van der Waals surface area contributed by atoms with Crippen LogP contribution in [0.2, 0.25) is 0 Å². The number of benzene rings is 1. The Hall–Kier alpha value is -2.58. The number of aromatic nitrogens is 1. The average Bonchev–Trinajstić information content (AvgIpc) is 2.92. The zero-order valence-corrected chi connectivity index (χ0v) is 13.9. The summed E-state index contributed by atoms with van der Waals surface area (Å²) >= 11 is 2.27. The van der Waals surface area contributed by atoms with Gasteiger partial charge in [-0.05, 0) is 0 Å². The Morgan fingerprint density at radius 2 is 1.96 bits per heavy atom. The number of primary amides is 1. The summed E-state index contributed by atoms with van der Waals surface area (Å²) in [5.74, 6) is -0.923. The monoisotopic (exact) mass is 360 g/mol. The molecule has 3 rings (SSSR count). The van der Waals surface area contributed by atoms with Crippen molar-refractivity contribution in [2.75, 3.05) is 5.75 Å². The third kappa shape index (κ3) is 3.06. The molecule has 0 atom stereocenters. The molecule has 3 aromatic rings. The molecule has 0 fully saturated rings. The van der Waals surface area contributed by atoms with Crippen molar-refractivity contribution < 1.29 is 14.7 Å². The smallest absolute Gasteiger partial charge is 0.252 e. The van der Waals surface area contributed by atoms with Crippen LogP contribution in [-0.2, 0) is 0 Å². The number of hydrogen-bond donors (Lipinski definition) is 3. The van der Waals surface area contributed by atoms with Gasteiger partial charge in [-0.15, -0.1) is 23.1 Å². The molecule has 0 saturated carbocycles. The summed E-state index contributed by atoms with van der Waals surface area (Å²) in [6, 6.07) is 9.83. The van der Waals surface area contributed by atoms with E-state index in [1.807, 2.05) is 6.07 Å². The zero-order valence-electron chi connectivity index (χ0n) is 12.2. The van der Waals surface area contributed by atoms with Gasteiger partial charge in [0, 0.05) is 11.6 Å². The number of ketones is 1. The van der Waals surface area contributed by atoms with Crippen LogP contribution in [0.1, 0.15) is 20.7 Å².